The van der Waals surface area contributed by atoms with Crippen LogP contribution in [0.5, 0.6) is 0 Å². The molecule has 1 heterocycles. The van der Waals surface area contributed by atoms with E-state index in [-0.39, 0.29) is 5.41 Å². The SMILES string of the molecule is CC12c3cccc(c3)-c3ccccc3-c3c4cc(-c5nc6ccccc6s5)ccc4c(-c4ccccc4-c4ccccc4)c4cc(c1cc34)-c1ccccc12. The molecule has 1 atom stereocenters. The maximum Gasteiger partial charge on any atom is 0.124 e. The fraction of sp³-hybridized carbons (Fsp3) is 0.0377. The summed E-state index contributed by atoms with van der Waals surface area (Å²) < 4.78 is 1.20. The van der Waals surface area contributed by atoms with Crippen molar-refractivity contribution in [2.75, 3.05) is 0 Å². The summed E-state index contributed by atoms with van der Waals surface area (Å²) in [5, 5.41) is 6.07. The lowest BCUT2D eigenvalue weighted by Crippen LogP contribution is -2.22. The Bertz CT molecular complexity index is 3190. The van der Waals surface area contributed by atoms with Crippen LogP contribution < -0.4 is 0 Å². The van der Waals surface area contributed by atoms with Gasteiger partial charge in [-0.2, -0.15) is 0 Å². The highest BCUT2D eigenvalue weighted by atomic mass is 32.1. The van der Waals surface area contributed by atoms with Crippen molar-refractivity contribution in [2.24, 2.45) is 0 Å². The molecule has 9 aromatic carbocycles. The van der Waals surface area contributed by atoms with E-state index >= 15 is 0 Å². The van der Waals surface area contributed by atoms with Crippen molar-refractivity contribution < 1.29 is 0 Å². The number of hydrogen-bond acceptors (Lipinski definition) is 2. The number of para-hydroxylation sites is 1. The fourth-order valence-electron chi connectivity index (χ4n) is 9.75. The second-order valence-corrected chi connectivity index (χ2v) is 16.2. The number of rotatable bonds is 3. The molecule has 1 unspecified atom stereocenters. The van der Waals surface area contributed by atoms with Gasteiger partial charge in [0.25, 0.3) is 0 Å². The molecule has 0 N–H and O–H groups in total. The van der Waals surface area contributed by atoms with Crippen molar-refractivity contribution in [3.8, 4) is 66.2 Å². The highest BCUT2D eigenvalue weighted by Gasteiger charge is 2.42. The van der Waals surface area contributed by atoms with Gasteiger partial charge >= 0.3 is 0 Å². The normalized spacial score (nSPS) is 15.1. The number of aromatic nitrogens is 1. The lowest BCUT2D eigenvalue weighted by atomic mass is 9.71. The molecule has 12 rings (SSSR count). The second kappa shape index (κ2) is 11.4. The summed E-state index contributed by atoms with van der Waals surface area (Å²) in [6.07, 6.45) is 0. The molecule has 0 saturated heterocycles. The number of benzene rings is 9. The van der Waals surface area contributed by atoms with Gasteiger partial charge in [0.2, 0.25) is 0 Å². The van der Waals surface area contributed by atoms with E-state index in [0.29, 0.717) is 0 Å². The minimum absolute atomic E-state index is 0.320. The van der Waals surface area contributed by atoms with E-state index in [1.165, 1.54) is 98.6 Å². The lowest BCUT2D eigenvalue weighted by molar-refractivity contribution is 0.715. The predicted molar refractivity (Wildman–Crippen MR) is 233 cm³/mol. The van der Waals surface area contributed by atoms with E-state index in [4.69, 9.17) is 4.98 Å². The van der Waals surface area contributed by atoms with Crippen LogP contribution in [0.15, 0.2) is 182 Å². The van der Waals surface area contributed by atoms with Crippen LogP contribution in [0.2, 0.25) is 0 Å². The van der Waals surface area contributed by atoms with Gasteiger partial charge in [0.1, 0.15) is 5.01 Å². The van der Waals surface area contributed by atoms with E-state index < -0.39 is 0 Å². The first kappa shape index (κ1) is 30.8. The topological polar surface area (TPSA) is 12.9 Å². The Morgan fingerprint density at radius 2 is 1.02 bits per heavy atom. The van der Waals surface area contributed by atoms with Crippen LogP contribution in [0.3, 0.4) is 0 Å². The minimum Gasteiger partial charge on any atom is -0.236 e. The van der Waals surface area contributed by atoms with Crippen LogP contribution in [-0.2, 0) is 5.41 Å². The molecule has 4 bridgehead atoms. The molecule has 0 spiro atoms. The van der Waals surface area contributed by atoms with Gasteiger partial charge in [0, 0.05) is 11.0 Å². The van der Waals surface area contributed by atoms with Crippen LogP contribution in [0.25, 0.3) is 98.0 Å². The van der Waals surface area contributed by atoms with Gasteiger partial charge in [0.05, 0.1) is 10.2 Å². The fourth-order valence-corrected chi connectivity index (χ4v) is 10.7. The quantitative estimate of drug-likeness (QED) is 0.166. The van der Waals surface area contributed by atoms with Gasteiger partial charge in [-0.3, -0.25) is 0 Å². The molecule has 256 valence electrons. The largest absolute Gasteiger partial charge is 0.236 e. The number of hydrogen-bond donors (Lipinski definition) is 0. The van der Waals surface area contributed by atoms with Gasteiger partial charge in [-0.25, -0.2) is 4.98 Å². The molecule has 2 aliphatic rings. The Balaban J connectivity index is 1.31. The van der Waals surface area contributed by atoms with Gasteiger partial charge in [-0.15, -0.1) is 11.3 Å². The third kappa shape index (κ3) is 4.32. The van der Waals surface area contributed by atoms with E-state index in [1.54, 1.807) is 11.3 Å². The smallest absolute Gasteiger partial charge is 0.124 e. The van der Waals surface area contributed by atoms with E-state index in [1.807, 2.05) is 0 Å². The summed E-state index contributed by atoms with van der Waals surface area (Å²) in [6.45, 7) is 2.44. The lowest BCUT2D eigenvalue weighted by Gasteiger charge is -2.31. The van der Waals surface area contributed by atoms with Crippen molar-refractivity contribution in [1.29, 1.82) is 0 Å². The molecule has 2 heteroatoms. The second-order valence-electron chi connectivity index (χ2n) is 15.1. The molecule has 55 heavy (non-hydrogen) atoms. The van der Waals surface area contributed by atoms with Crippen molar-refractivity contribution in [3.63, 3.8) is 0 Å². The zero-order valence-electron chi connectivity index (χ0n) is 30.2. The van der Waals surface area contributed by atoms with Crippen LogP contribution in [0, 0.1) is 0 Å². The monoisotopic (exact) mass is 715 g/mol. The summed E-state index contributed by atoms with van der Waals surface area (Å²) in [5.41, 5.74) is 18.5. The predicted octanol–water partition coefficient (Wildman–Crippen LogP) is 14.6. The standard InChI is InChI=1S/C53H33NS/c1-53-35-17-13-16-33(28-35)37-19-6-8-22-40(37)51-43-29-34(52-54-48-24-11-12-25-49(48)55-52)26-27-41(43)50(39-21-7-5-18-36(39)32-14-3-2-4-15-32)44-30-42(47(53)31-45(44)51)38-20-9-10-23-46(38)53/h2-31H,1H3. The van der Waals surface area contributed by atoms with Crippen molar-refractivity contribution in [3.05, 3.63) is 199 Å². The van der Waals surface area contributed by atoms with Crippen LogP contribution in [0.1, 0.15) is 23.6 Å². The third-order valence-electron chi connectivity index (χ3n) is 12.3. The van der Waals surface area contributed by atoms with Gasteiger partial charge in [-0.05, 0) is 137 Å². The maximum atomic E-state index is 5.16. The molecule has 0 aliphatic heterocycles. The summed E-state index contributed by atoms with van der Waals surface area (Å²) in [4.78, 5) is 5.16. The molecular weight excluding hydrogens is 683 g/mol. The molecule has 0 saturated carbocycles. The van der Waals surface area contributed by atoms with E-state index in [2.05, 4.69) is 189 Å². The first-order valence-electron chi connectivity index (χ1n) is 19.0. The maximum absolute atomic E-state index is 5.16. The summed E-state index contributed by atoms with van der Waals surface area (Å²) in [6, 6.07) is 67.9. The summed E-state index contributed by atoms with van der Waals surface area (Å²) >= 11 is 1.77. The number of thiazole rings is 1. The highest BCUT2D eigenvalue weighted by molar-refractivity contribution is 7.21. The molecule has 1 nitrogen and oxygen atoms in total. The number of nitrogens with zero attached hydrogens (tertiary/aromatic N) is 1. The van der Waals surface area contributed by atoms with Crippen LogP contribution >= 0.6 is 11.3 Å². The van der Waals surface area contributed by atoms with Gasteiger partial charge < -0.3 is 0 Å². The average molecular weight is 716 g/mol. The summed E-state index contributed by atoms with van der Waals surface area (Å²) in [5.74, 6) is 0. The number of fused-ring (bicyclic) bond motifs is 12. The Morgan fingerprint density at radius 1 is 0.400 bits per heavy atom. The first-order chi connectivity index (χ1) is 27.1. The van der Waals surface area contributed by atoms with Crippen molar-refractivity contribution in [1.82, 2.24) is 4.98 Å². The first-order valence-corrected chi connectivity index (χ1v) is 19.9. The third-order valence-corrected chi connectivity index (χ3v) is 13.4. The van der Waals surface area contributed by atoms with E-state index in [9.17, 15) is 0 Å². The molecule has 2 aliphatic carbocycles. The summed E-state index contributed by atoms with van der Waals surface area (Å²) in [7, 11) is 0. The molecule has 1 aromatic heterocycles. The van der Waals surface area contributed by atoms with Crippen LogP contribution in [0.4, 0.5) is 0 Å². The Hall–Kier alpha value is -6.61. The molecule has 0 amide bonds. The molecule has 0 fully saturated rings. The Morgan fingerprint density at radius 3 is 1.82 bits per heavy atom. The minimum atomic E-state index is -0.320. The Kier molecular flexibility index (Phi) is 6.41. The zero-order chi connectivity index (χ0) is 36.3. The van der Waals surface area contributed by atoms with E-state index in [0.717, 1.165) is 16.1 Å². The Labute approximate surface area is 323 Å². The molecular formula is C53H33NS. The van der Waals surface area contributed by atoms with Gasteiger partial charge in [0.15, 0.2) is 0 Å². The van der Waals surface area contributed by atoms with Gasteiger partial charge in [-0.1, -0.05) is 146 Å². The zero-order valence-corrected chi connectivity index (χ0v) is 31.0. The van der Waals surface area contributed by atoms with Crippen molar-refractivity contribution >= 4 is 43.1 Å². The molecule has 0 radical (unpaired) electrons. The average Bonchev–Trinajstić information content (AvgIpc) is 3.80. The highest BCUT2D eigenvalue weighted by Crippen LogP contribution is 2.57. The van der Waals surface area contributed by atoms with Crippen LogP contribution in [-0.4, -0.2) is 4.98 Å². The molecule has 10 aromatic rings. The van der Waals surface area contributed by atoms with Crippen molar-refractivity contribution in [2.45, 2.75) is 12.3 Å².